The second kappa shape index (κ2) is 7.16. The summed E-state index contributed by atoms with van der Waals surface area (Å²) in [5.41, 5.74) is 1.10. The van der Waals surface area contributed by atoms with Gasteiger partial charge in [0, 0.05) is 11.1 Å². The number of hydrogen-bond donors (Lipinski definition) is 2. The normalized spacial score (nSPS) is 13.4. The molecule has 10 heteroatoms. The van der Waals surface area contributed by atoms with Gasteiger partial charge in [0.05, 0.1) is 11.4 Å². The van der Waals surface area contributed by atoms with E-state index in [4.69, 9.17) is 0 Å². The lowest BCUT2D eigenvalue weighted by Gasteiger charge is -2.28. The molecule has 3 aromatic rings. The number of aromatic amines is 1. The Morgan fingerprint density at radius 3 is 3.00 bits per heavy atom. The van der Waals surface area contributed by atoms with E-state index < -0.39 is 5.91 Å². The van der Waals surface area contributed by atoms with Crippen molar-refractivity contribution in [2.24, 2.45) is 0 Å². The van der Waals surface area contributed by atoms with E-state index in [1.807, 2.05) is 6.07 Å². The first-order valence-electron chi connectivity index (χ1n) is 7.97. The molecular formula is C17H13FN6O2S. The summed E-state index contributed by atoms with van der Waals surface area (Å²) in [6, 6.07) is 9.46. The molecule has 0 bridgehead atoms. The molecule has 3 heterocycles. The molecule has 1 aliphatic heterocycles. The van der Waals surface area contributed by atoms with Crippen molar-refractivity contribution in [2.45, 2.75) is 4.90 Å². The van der Waals surface area contributed by atoms with Crippen LogP contribution in [0.1, 0.15) is 0 Å². The summed E-state index contributed by atoms with van der Waals surface area (Å²) in [6.45, 7) is -0.211. The number of fused-ring (bicyclic) bond motifs is 1. The van der Waals surface area contributed by atoms with E-state index in [1.165, 1.54) is 34.9 Å². The molecule has 136 valence electrons. The Bertz CT molecular complexity index is 1010. The molecule has 0 saturated heterocycles. The van der Waals surface area contributed by atoms with Gasteiger partial charge in [-0.25, -0.2) is 4.39 Å². The van der Waals surface area contributed by atoms with Gasteiger partial charge in [-0.2, -0.15) is 0 Å². The van der Waals surface area contributed by atoms with Gasteiger partial charge in [0.1, 0.15) is 18.1 Å². The number of nitrogens with zero attached hydrogens (tertiary/aromatic N) is 4. The maximum Gasteiger partial charge on any atom is 0.246 e. The highest BCUT2D eigenvalue weighted by molar-refractivity contribution is 8.00. The minimum Gasteiger partial charge on any atom is -0.306 e. The van der Waals surface area contributed by atoms with Gasteiger partial charge >= 0.3 is 0 Å². The molecule has 2 amide bonds. The molecule has 0 atom stereocenters. The Hall–Kier alpha value is -3.27. The van der Waals surface area contributed by atoms with Crippen LogP contribution in [0.3, 0.4) is 0 Å². The predicted octanol–water partition coefficient (Wildman–Crippen LogP) is 2.08. The third-order valence-electron chi connectivity index (χ3n) is 3.82. The smallest absolute Gasteiger partial charge is 0.246 e. The van der Waals surface area contributed by atoms with Crippen molar-refractivity contribution in [1.29, 1.82) is 0 Å². The van der Waals surface area contributed by atoms with Gasteiger partial charge in [0.25, 0.3) is 0 Å². The first kappa shape index (κ1) is 17.2. The molecule has 8 nitrogen and oxygen atoms in total. The molecule has 0 spiro atoms. The minimum atomic E-state index is -0.450. The lowest BCUT2D eigenvalue weighted by atomic mass is 10.2. The Morgan fingerprint density at radius 1 is 1.30 bits per heavy atom. The van der Waals surface area contributed by atoms with Gasteiger partial charge in [0.2, 0.25) is 17.8 Å². The third-order valence-corrected chi connectivity index (χ3v) is 4.85. The molecule has 1 aliphatic rings. The largest absolute Gasteiger partial charge is 0.306 e. The number of nitrogens with one attached hydrogen (secondary N) is 2. The molecule has 0 saturated carbocycles. The van der Waals surface area contributed by atoms with Crippen LogP contribution < -0.4 is 10.2 Å². The molecule has 0 radical (unpaired) electrons. The molecule has 0 unspecified atom stereocenters. The fraction of sp³-hybridized carbons (Fsp3) is 0.118. The van der Waals surface area contributed by atoms with Crippen LogP contribution in [-0.2, 0) is 9.59 Å². The zero-order valence-electron chi connectivity index (χ0n) is 13.8. The summed E-state index contributed by atoms with van der Waals surface area (Å²) in [4.78, 5) is 33.5. The van der Waals surface area contributed by atoms with E-state index in [-0.39, 0.29) is 30.0 Å². The molecule has 2 N–H and O–H groups in total. The second-order valence-electron chi connectivity index (χ2n) is 5.67. The number of amides is 2. The molecule has 27 heavy (non-hydrogen) atoms. The Balaban J connectivity index is 1.47. The van der Waals surface area contributed by atoms with Crippen LogP contribution in [-0.4, -0.2) is 44.3 Å². The fourth-order valence-electron chi connectivity index (χ4n) is 2.60. The number of H-pyrrole nitrogens is 1. The van der Waals surface area contributed by atoms with Crippen molar-refractivity contribution in [3.8, 4) is 11.5 Å². The van der Waals surface area contributed by atoms with Crippen molar-refractivity contribution in [2.75, 3.05) is 22.5 Å². The number of anilines is 2. The van der Waals surface area contributed by atoms with Crippen molar-refractivity contribution >= 4 is 35.2 Å². The van der Waals surface area contributed by atoms with Crippen molar-refractivity contribution in [3.05, 3.63) is 48.4 Å². The lowest BCUT2D eigenvalue weighted by Crippen LogP contribution is -2.41. The number of aromatic nitrogens is 4. The van der Waals surface area contributed by atoms with E-state index in [0.717, 1.165) is 0 Å². The Labute approximate surface area is 157 Å². The van der Waals surface area contributed by atoms with Crippen molar-refractivity contribution in [1.82, 2.24) is 20.2 Å². The van der Waals surface area contributed by atoms with Crippen LogP contribution in [0.15, 0.2) is 47.5 Å². The highest BCUT2D eigenvalue weighted by Crippen LogP contribution is 2.35. The zero-order valence-corrected chi connectivity index (χ0v) is 14.7. The highest BCUT2D eigenvalue weighted by Gasteiger charge is 2.27. The average molecular weight is 384 g/mol. The van der Waals surface area contributed by atoms with Gasteiger partial charge in [-0.15, -0.1) is 22.0 Å². The molecule has 2 aromatic heterocycles. The first-order valence-corrected chi connectivity index (χ1v) is 8.95. The number of thioether (sulfide) groups is 1. The molecule has 1 aromatic carbocycles. The van der Waals surface area contributed by atoms with Gasteiger partial charge in [-0.05, 0) is 30.3 Å². The van der Waals surface area contributed by atoms with Crippen molar-refractivity contribution < 1.29 is 14.0 Å². The number of benzene rings is 1. The summed E-state index contributed by atoms with van der Waals surface area (Å²) in [7, 11) is 0. The van der Waals surface area contributed by atoms with Crippen LogP contribution in [0, 0.1) is 5.82 Å². The molecular weight excluding hydrogens is 371 g/mol. The van der Waals surface area contributed by atoms with Crippen LogP contribution in [0.2, 0.25) is 0 Å². The van der Waals surface area contributed by atoms with E-state index in [9.17, 15) is 14.0 Å². The van der Waals surface area contributed by atoms with Crippen molar-refractivity contribution in [3.63, 3.8) is 0 Å². The summed E-state index contributed by atoms with van der Waals surface area (Å²) < 4.78 is 13.4. The van der Waals surface area contributed by atoms with E-state index in [0.29, 0.717) is 22.1 Å². The SMILES string of the molecule is O=C(CN1C(=O)CSc2cc(F)ccc21)Nc1nnc(-c2ccccn2)[nH]1. The number of carbonyl (C=O) groups excluding carboxylic acids is 2. The minimum absolute atomic E-state index is 0.149. The van der Waals surface area contributed by atoms with Crippen LogP contribution >= 0.6 is 11.8 Å². The van der Waals surface area contributed by atoms with E-state index in [1.54, 1.807) is 18.3 Å². The maximum atomic E-state index is 13.4. The molecule has 0 fully saturated rings. The summed E-state index contributed by atoms with van der Waals surface area (Å²) >= 11 is 1.25. The van der Waals surface area contributed by atoms with Gasteiger partial charge < -0.3 is 9.88 Å². The van der Waals surface area contributed by atoms with Gasteiger partial charge in [-0.1, -0.05) is 6.07 Å². The average Bonchev–Trinajstić information content (AvgIpc) is 3.13. The van der Waals surface area contributed by atoms with E-state index >= 15 is 0 Å². The zero-order chi connectivity index (χ0) is 18.8. The number of hydrogen-bond acceptors (Lipinski definition) is 6. The Kier molecular flexibility index (Phi) is 4.55. The number of halogens is 1. The summed E-state index contributed by atoms with van der Waals surface area (Å²) in [5, 5.41) is 10.4. The van der Waals surface area contributed by atoms with Gasteiger partial charge in [-0.3, -0.25) is 19.9 Å². The second-order valence-corrected chi connectivity index (χ2v) is 6.68. The lowest BCUT2D eigenvalue weighted by molar-refractivity contribution is -0.120. The molecule has 0 aliphatic carbocycles. The van der Waals surface area contributed by atoms with Crippen LogP contribution in [0.5, 0.6) is 0 Å². The maximum absolute atomic E-state index is 13.4. The number of carbonyl (C=O) groups is 2. The Morgan fingerprint density at radius 2 is 2.19 bits per heavy atom. The monoisotopic (exact) mass is 384 g/mol. The first-order chi connectivity index (χ1) is 13.1. The topological polar surface area (TPSA) is 104 Å². The summed E-state index contributed by atoms with van der Waals surface area (Å²) in [5.74, 6) is -0.342. The predicted molar refractivity (Wildman–Crippen MR) is 97.7 cm³/mol. The summed E-state index contributed by atoms with van der Waals surface area (Å²) in [6.07, 6.45) is 1.62. The van der Waals surface area contributed by atoms with Crippen LogP contribution in [0.25, 0.3) is 11.5 Å². The quantitative estimate of drug-likeness (QED) is 0.714. The molecule has 4 rings (SSSR count). The number of rotatable bonds is 4. The third kappa shape index (κ3) is 3.65. The van der Waals surface area contributed by atoms with Crippen LogP contribution in [0.4, 0.5) is 16.0 Å². The standard InChI is InChI=1S/C17H13FN6O2S/c18-10-4-5-12-13(7-10)27-9-15(26)24(12)8-14(25)20-17-21-16(22-23-17)11-3-1-2-6-19-11/h1-7H,8-9H2,(H2,20,21,22,23,25). The highest BCUT2D eigenvalue weighted by atomic mass is 32.2. The van der Waals surface area contributed by atoms with E-state index in [2.05, 4.69) is 25.5 Å². The number of pyridine rings is 1. The fourth-order valence-corrected chi connectivity index (χ4v) is 3.56. The van der Waals surface area contributed by atoms with Gasteiger partial charge in [0.15, 0.2) is 5.82 Å².